The van der Waals surface area contributed by atoms with Crippen molar-refractivity contribution in [1.82, 2.24) is 15.2 Å². The summed E-state index contributed by atoms with van der Waals surface area (Å²) in [7, 11) is 0. The third-order valence-corrected chi connectivity index (χ3v) is 7.67. The molecule has 34 heavy (non-hydrogen) atoms. The number of benzene rings is 2. The van der Waals surface area contributed by atoms with Crippen LogP contribution in [-0.4, -0.2) is 40.5 Å². The Balaban J connectivity index is 1.40. The number of para-hydroxylation sites is 1. The number of likely N-dealkylation sites (tertiary alicyclic amines) is 1. The molecule has 1 aliphatic rings. The molecule has 0 saturated carbocycles. The molecule has 0 unspecified atom stereocenters. The highest BCUT2D eigenvalue weighted by Crippen LogP contribution is 2.32. The fourth-order valence-electron chi connectivity index (χ4n) is 4.20. The van der Waals surface area contributed by atoms with Gasteiger partial charge in [-0.25, -0.2) is 4.98 Å². The molecule has 0 spiro atoms. The Kier molecular flexibility index (Phi) is 8.29. The third kappa shape index (κ3) is 5.83. The molecule has 0 radical (unpaired) electrons. The highest BCUT2D eigenvalue weighted by Gasteiger charge is 2.25. The number of thiazole rings is 1. The molecule has 1 aliphatic heterocycles. The predicted octanol–water partition coefficient (Wildman–Crippen LogP) is 6.09. The van der Waals surface area contributed by atoms with Gasteiger partial charge in [0, 0.05) is 42.2 Å². The molecule has 178 valence electrons. The number of hydrogen-bond acceptors (Lipinski definition) is 4. The van der Waals surface area contributed by atoms with Crippen LogP contribution in [0.1, 0.15) is 60.1 Å². The van der Waals surface area contributed by atoms with Crippen LogP contribution in [0.5, 0.6) is 0 Å². The normalized spacial score (nSPS) is 14.1. The molecule has 1 fully saturated rings. The van der Waals surface area contributed by atoms with E-state index in [0.29, 0.717) is 11.6 Å². The summed E-state index contributed by atoms with van der Waals surface area (Å²) in [6.07, 6.45) is 4.07. The van der Waals surface area contributed by atoms with Gasteiger partial charge in [-0.2, -0.15) is 0 Å². The van der Waals surface area contributed by atoms with Gasteiger partial charge in [0.15, 0.2) is 5.11 Å². The zero-order chi connectivity index (χ0) is 23.9. The largest absolute Gasteiger partial charge is 0.363 e. The summed E-state index contributed by atoms with van der Waals surface area (Å²) >= 11 is 7.09. The number of hydrogen-bond donors (Lipinski definition) is 2. The third-order valence-electron chi connectivity index (χ3n) is 6.26. The maximum absolute atomic E-state index is 13.0. The first-order valence-electron chi connectivity index (χ1n) is 12.1. The van der Waals surface area contributed by atoms with E-state index in [9.17, 15) is 4.79 Å². The van der Waals surface area contributed by atoms with E-state index in [-0.39, 0.29) is 5.91 Å². The van der Waals surface area contributed by atoms with E-state index in [1.807, 2.05) is 29.6 Å². The van der Waals surface area contributed by atoms with Crippen LogP contribution >= 0.6 is 23.6 Å². The van der Waals surface area contributed by atoms with E-state index in [0.717, 1.165) is 72.3 Å². The summed E-state index contributed by atoms with van der Waals surface area (Å²) in [4.78, 5) is 20.0. The van der Waals surface area contributed by atoms with Crippen LogP contribution in [0.2, 0.25) is 0 Å². The van der Waals surface area contributed by atoms with Crippen LogP contribution in [0.4, 0.5) is 5.69 Å². The van der Waals surface area contributed by atoms with Gasteiger partial charge < -0.3 is 15.5 Å². The Morgan fingerprint density at radius 3 is 2.56 bits per heavy atom. The minimum absolute atomic E-state index is 0.164. The Morgan fingerprint density at radius 2 is 1.85 bits per heavy atom. The molecule has 2 heterocycles. The second kappa shape index (κ2) is 11.6. The molecule has 0 bridgehead atoms. The van der Waals surface area contributed by atoms with Gasteiger partial charge in [-0.1, -0.05) is 56.3 Å². The molecule has 2 aromatic carbocycles. The summed E-state index contributed by atoms with van der Waals surface area (Å²) in [6.45, 7) is 7.04. The lowest BCUT2D eigenvalue weighted by atomic mass is 9.98. The molecule has 1 saturated heterocycles. The number of nitrogens with zero attached hydrogens (tertiary/aromatic N) is 2. The average molecular weight is 493 g/mol. The molecule has 5 nitrogen and oxygen atoms in total. The van der Waals surface area contributed by atoms with Gasteiger partial charge in [-0.05, 0) is 55.1 Å². The number of anilines is 1. The second-order valence-corrected chi connectivity index (χ2v) is 9.89. The number of piperidine rings is 1. The van der Waals surface area contributed by atoms with Crippen molar-refractivity contribution >= 4 is 40.3 Å². The molecule has 1 amide bonds. The first-order valence-corrected chi connectivity index (χ1v) is 13.4. The molecule has 4 rings (SSSR count). The first-order chi connectivity index (χ1) is 16.6. The van der Waals surface area contributed by atoms with Crippen LogP contribution in [0.3, 0.4) is 0 Å². The zero-order valence-electron chi connectivity index (χ0n) is 19.8. The van der Waals surface area contributed by atoms with Crippen molar-refractivity contribution in [2.45, 2.75) is 45.4 Å². The Morgan fingerprint density at radius 1 is 1.12 bits per heavy atom. The smallest absolute Gasteiger partial charge is 0.275 e. The van der Waals surface area contributed by atoms with E-state index < -0.39 is 0 Å². The molecular weight excluding hydrogens is 460 g/mol. The summed E-state index contributed by atoms with van der Waals surface area (Å²) in [5.74, 6) is 0.212. The minimum Gasteiger partial charge on any atom is -0.363 e. The van der Waals surface area contributed by atoms with Crippen LogP contribution in [-0.2, 0) is 6.42 Å². The quantitative estimate of drug-likeness (QED) is 0.391. The van der Waals surface area contributed by atoms with E-state index in [4.69, 9.17) is 17.2 Å². The fourth-order valence-corrected chi connectivity index (χ4v) is 5.46. The maximum atomic E-state index is 13.0. The van der Waals surface area contributed by atoms with Crippen molar-refractivity contribution in [3.05, 3.63) is 70.2 Å². The minimum atomic E-state index is -0.164. The van der Waals surface area contributed by atoms with Crippen LogP contribution in [0, 0.1) is 0 Å². The number of thiocarbonyl (C=S) groups is 1. The maximum Gasteiger partial charge on any atom is 0.275 e. The topological polar surface area (TPSA) is 57.3 Å². The van der Waals surface area contributed by atoms with Crippen molar-refractivity contribution in [1.29, 1.82) is 0 Å². The highest BCUT2D eigenvalue weighted by molar-refractivity contribution is 7.80. The lowest BCUT2D eigenvalue weighted by molar-refractivity contribution is 0.102. The van der Waals surface area contributed by atoms with Crippen molar-refractivity contribution in [2.75, 3.05) is 25.0 Å². The Bertz CT molecular complexity index is 1120. The fraction of sp³-hybridized carbons (Fsp3) is 0.370. The number of aryl methyl sites for hydroxylation is 1. The molecular formula is C27H32N4OS2. The summed E-state index contributed by atoms with van der Waals surface area (Å²) in [6, 6.07) is 16.4. The number of carbonyl (C=O) groups is 1. The molecule has 0 atom stereocenters. The monoisotopic (exact) mass is 492 g/mol. The average Bonchev–Trinajstić information content (AvgIpc) is 3.38. The SMILES string of the molecule is CCCNC(=S)N1CCC(c2nc(C(=O)Nc3ccccc3-c3ccc(CC)cc3)cs2)CC1. The van der Waals surface area contributed by atoms with E-state index in [1.54, 1.807) is 11.3 Å². The lowest BCUT2D eigenvalue weighted by Gasteiger charge is -2.33. The first kappa shape index (κ1) is 24.4. The van der Waals surface area contributed by atoms with Crippen LogP contribution in [0.15, 0.2) is 53.9 Å². The van der Waals surface area contributed by atoms with Crippen molar-refractivity contribution in [3.63, 3.8) is 0 Å². The van der Waals surface area contributed by atoms with Crippen molar-refractivity contribution in [3.8, 4) is 11.1 Å². The van der Waals surface area contributed by atoms with Gasteiger partial charge in [0.25, 0.3) is 5.91 Å². The summed E-state index contributed by atoms with van der Waals surface area (Å²) in [5, 5.41) is 10.2. The molecule has 7 heteroatoms. The van der Waals surface area contributed by atoms with E-state index >= 15 is 0 Å². The van der Waals surface area contributed by atoms with Crippen molar-refractivity contribution < 1.29 is 4.79 Å². The molecule has 2 N–H and O–H groups in total. The molecule has 1 aromatic heterocycles. The van der Waals surface area contributed by atoms with Gasteiger partial charge in [0.2, 0.25) is 0 Å². The number of nitrogens with one attached hydrogen (secondary N) is 2. The molecule has 0 aliphatic carbocycles. The number of rotatable bonds is 7. The standard InChI is InChI=1S/C27H32N4OS2/c1-3-15-28-27(33)31-16-13-21(14-17-31)26-30-24(18-34-26)25(32)29-23-8-6-5-7-22(23)20-11-9-19(4-2)10-12-20/h5-12,18,21H,3-4,13-17H2,1-2H3,(H,28,33)(H,29,32). The van der Waals surface area contributed by atoms with Gasteiger partial charge in [0.1, 0.15) is 5.69 Å². The van der Waals surface area contributed by atoms with Gasteiger partial charge >= 0.3 is 0 Å². The van der Waals surface area contributed by atoms with Crippen LogP contribution < -0.4 is 10.6 Å². The predicted molar refractivity (Wildman–Crippen MR) is 146 cm³/mol. The van der Waals surface area contributed by atoms with Crippen LogP contribution in [0.25, 0.3) is 11.1 Å². The summed E-state index contributed by atoms with van der Waals surface area (Å²) < 4.78 is 0. The van der Waals surface area contributed by atoms with Gasteiger partial charge in [0.05, 0.1) is 5.01 Å². The highest BCUT2D eigenvalue weighted by atomic mass is 32.1. The van der Waals surface area contributed by atoms with Gasteiger partial charge in [-0.15, -0.1) is 11.3 Å². The van der Waals surface area contributed by atoms with Crippen molar-refractivity contribution in [2.24, 2.45) is 0 Å². The number of carbonyl (C=O) groups excluding carboxylic acids is 1. The molecule has 3 aromatic rings. The Labute approximate surface area is 211 Å². The number of amides is 1. The Hall–Kier alpha value is -2.77. The lowest BCUT2D eigenvalue weighted by Crippen LogP contribution is -2.44. The zero-order valence-corrected chi connectivity index (χ0v) is 21.5. The number of aromatic nitrogens is 1. The van der Waals surface area contributed by atoms with E-state index in [2.05, 4.69) is 53.6 Å². The second-order valence-electron chi connectivity index (χ2n) is 8.61. The van der Waals surface area contributed by atoms with E-state index in [1.165, 1.54) is 5.56 Å². The summed E-state index contributed by atoms with van der Waals surface area (Å²) in [5.41, 5.74) is 4.68. The van der Waals surface area contributed by atoms with Gasteiger partial charge in [-0.3, -0.25) is 4.79 Å².